The number of carbonyl (C=O) groups is 1. The molecule has 0 aliphatic carbocycles. The van der Waals surface area contributed by atoms with Gasteiger partial charge in [0, 0.05) is 31.3 Å². The van der Waals surface area contributed by atoms with E-state index in [4.69, 9.17) is 0 Å². The number of benzene rings is 2. The number of anilines is 1. The molecule has 0 radical (unpaired) electrons. The fourth-order valence-electron chi connectivity index (χ4n) is 3.62. The molecule has 5 nitrogen and oxygen atoms in total. The molecule has 0 unspecified atom stereocenters. The number of fused-ring (bicyclic) bond motifs is 2. The van der Waals surface area contributed by atoms with Gasteiger partial charge in [-0.1, -0.05) is 6.07 Å². The van der Waals surface area contributed by atoms with E-state index in [1.54, 1.807) is 34.7 Å². The van der Waals surface area contributed by atoms with E-state index in [9.17, 15) is 9.59 Å². The molecule has 138 valence electrons. The molecule has 5 heteroatoms. The molecule has 2 aromatic carbocycles. The minimum Gasteiger partial charge on any atom is -0.311 e. The van der Waals surface area contributed by atoms with E-state index in [-0.39, 0.29) is 11.5 Å². The third kappa shape index (κ3) is 3.03. The maximum absolute atomic E-state index is 13.0. The number of hydrogen-bond acceptors (Lipinski definition) is 3. The predicted molar refractivity (Wildman–Crippen MR) is 108 cm³/mol. The minimum absolute atomic E-state index is 0.00351. The molecule has 0 fully saturated rings. The molecule has 2 heterocycles. The number of amides is 1. The van der Waals surface area contributed by atoms with Crippen molar-refractivity contribution in [3.05, 3.63) is 69.3 Å². The SMILES string of the molecule is Cc1ccc(N(C)C(=O)c2ccc3c(=O)n4c(nc3c2)CCCC4)cc1C. The van der Waals surface area contributed by atoms with Gasteiger partial charge in [0.2, 0.25) is 0 Å². The van der Waals surface area contributed by atoms with Crippen molar-refractivity contribution >= 4 is 22.5 Å². The van der Waals surface area contributed by atoms with E-state index in [1.807, 2.05) is 25.1 Å². The van der Waals surface area contributed by atoms with Crippen LogP contribution in [0.3, 0.4) is 0 Å². The van der Waals surface area contributed by atoms with E-state index >= 15 is 0 Å². The number of aryl methyl sites for hydroxylation is 3. The van der Waals surface area contributed by atoms with E-state index in [1.165, 1.54) is 5.56 Å². The van der Waals surface area contributed by atoms with Gasteiger partial charge in [0.15, 0.2) is 0 Å². The van der Waals surface area contributed by atoms with E-state index < -0.39 is 0 Å². The Bertz CT molecular complexity index is 1110. The molecule has 27 heavy (non-hydrogen) atoms. The first-order valence-corrected chi connectivity index (χ1v) is 9.34. The van der Waals surface area contributed by atoms with Crippen LogP contribution in [0.2, 0.25) is 0 Å². The standard InChI is InChI=1S/C22H23N3O2/c1-14-7-9-17(12-15(14)2)24(3)21(26)16-8-10-18-19(13-16)23-20-6-4-5-11-25(20)22(18)27/h7-10,12-13H,4-6,11H2,1-3H3. The normalized spacial score (nSPS) is 13.4. The van der Waals surface area contributed by atoms with Crippen molar-refractivity contribution in [1.29, 1.82) is 0 Å². The third-order valence-electron chi connectivity index (χ3n) is 5.50. The minimum atomic E-state index is -0.111. The molecule has 0 saturated heterocycles. The van der Waals surface area contributed by atoms with Crippen LogP contribution in [-0.2, 0) is 13.0 Å². The van der Waals surface area contributed by atoms with Crippen molar-refractivity contribution in [2.24, 2.45) is 0 Å². The zero-order valence-electron chi connectivity index (χ0n) is 16.0. The molecule has 1 aliphatic heterocycles. The van der Waals surface area contributed by atoms with Gasteiger partial charge < -0.3 is 4.90 Å². The van der Waals surface area contributed by atoms with Gasteiger partial charge >= 0.3 is 0 Å². The van der Waals surface area contributed by atoms with Gasteiger partial charge in [0.1, 0.15) is 5.82 Å². The molecule has 0 spiro atoms. The van der Waals surface area contributed by atoms with Crippen molar-refractivity contribution in [2.75, 3.05) is 11.9 Å². The Balaban J connectivity index is 1.73. The Morgan fingerprint density at radius 2 is 1.89 bits per heavy atom. The first kappa shape index (κ1) is 17.5. The summed E-state index contributed by atoms with van der Waals surface area (Å²) in [5.74, 6) is 0.714. The van der Waals surface area contributed by atoms with Crippen LogP contribution in [0, 0.1) is 13.8 Å². The molecule has 0 atom stereocenters. The summed E-state index contributed by atoms with van der Waals surface area (Å²) in [6.07, 6.45) is 2.87. The predicted octanol–water partition coefficient (Wildman–Crippen LogP) is 3.63. The maximum Gasteiger partial charge on any atom is 0.261 e. The summed E-state index contributed by atoms with van der Waals surface area (Å²) in [7, 11) is 1.77. The van der Waals surface area contributed by atoms with E-state index in [2.05, 4.69) is 11.9 Å². The Labute approximate surface area is 158 Å². The molecule has 0 N–H and O–H groups in total. The molecule has 1 aliphatic rings. The highest BCUT2D eigenvalue weighted by Gasteiger charge is 2.18. The number of carbonyl (C=O) groups excluding carboxylic acids is 1. The van der Waals surface area contributed by atoms with Crippen LogP contribution in [-0.4, -0.2) is 22.5 Å². The molecular formula is C22H23N3O2. The van der Waals surface area contributed by atoms with E-state index in [0.29, 0.717) is 16.5 Å². The second-order valence-corrected chi connectivity index (χ2v) is 7.31. The van der Waals surface area contributed by atoms with Gasteiger partial charge in [-0.15, -0.1) is 0 Å². The van der Waals surface area contributed by atoms with Crippen molar-refractivity contribution in [3.63, 3.8) is 0 Å². The Kier molecular flexibility index (Phi) is 4.30. The average molecular weight is 361 g/mol. The average Bonchev–Trinajstić information content (AvgIpc) is 2.69. The molecular weight excluding hydrogens is 338 g/mol. The molecule has 3 aromatic rings. The molecule has 0 saturated carbocycles. The number of nitrogens with zero attached hydrogens (tertiary/aromatic N) is 3. The third-order valence-corrected chi connectivity index (χ3v) is 5.50. The van der Waals surface area contributed by atoms with Gasteiger partial charge in [0.25, 0.3) is 11.5 Å². The summed E-state index contributed by atoms with van der Waals surface area (Å²) < 4.78 is 1.77. The highest BCUT2D eigenvalue weighted by atomic mass is 16.2. The van der Waals surface area contributed by atoms with Crippen molar-refractivity contribution in [2.45, 2.75) is 39.7 Å². The largest absolute Gasteiger partial charge is 0.311 e. The summed E-state index contributed by atoms with van der Waals surface area (Å²) in [4.78, 5) is 32.0. The van der Waals surface area contributed by atoms with Gasteiger partial charge in [0.05, 0.1) is 10.9 Å². The van der Waals surface area contributed by atoms with E-state index in [0.717, 1.165) is 42.9 Å². The summed E-state index contributed by atoms with van der Waals surface area (Å²) >= 11 is 0. The lowest BCUT2D eigenvalue weighted by molar-refractivity contribution is 0.0993. The lowest BCUT2D eigenvalue weighted by Crippen LogP contribution is -2.29. The van der Waals surface area contributed by atoms with Gasteiger partial charge in [-0.25, -0.2) is 4.98 Å². The van der Waals surface area contributed by atoms with Crippen molar-refractivity contribution in [1.82, 2.24) is 9.55 Å². The lowest BCUT2D eigenvalue weighted by atomic mass is 10.1. The Hall–Kier alpha value is -2.95. The molecule has 4 rings (SSSR count). The number of hydrogen-bond donors (Lipinski definition) is 0. The van der Waals surface area contributed by atoms with Crippen LogP contribution < -0.4 is 10.5 Å². The molecule has 1 amide bonds. The summed E-state index contributed by atoms with van der Waals surface area (Å²) in [6, 6.07) is 11.2. The number of aromatic nitrogens is 2. The molecule has 1 aromatic heterocycles. The Morgan fingerprint density at radius 1 is 1.07 bits per heavy atom. The first-order chi connectivity index (χ1) is 13.0. The van der Waals surface area contributed by atoms with Crippen LogP contribution in [0.25, 0.3) is 10.9 Å². The van der Waals surface area contributed by atoms with Crippen LogP contribution in [0.1, 0.15) is 40.2 Å². The number of rotatable bonds is 2. The van der Waals surface area contributed by atoms with Gasteiger partial charge in [-0.05, 0) is 68.1 Å². The summed E-state index contributed by atoms with van der Waals surface area (Å²) in [6.45, 7) is 4.82. The zero-order chi connectivity index (χ0) is 19.1. The van der Waals surface area contributed by atoms with Crippen molar-refractivity contribution in [3.8, 4) is 0 Å². The van der Waals surface area contributed by atoms with Gasteiger partial charge in [-0.2, -0.15) is 0 Å². The zero-order valence-corrected chi connectivity index (χ0v) is 16.0. The Morgan fingerprint density at radius 3 is 2.67 bits per heavy atom. The van der Waals surface area contributed by atoms with Crippen LogP contribution >= 0.6 is 0 Å². The van der Waals surface area contributed by atoms with Crippen LogP contribution in [0.5, 0.6) is 0 Å². The quantitative estimate of drug-likeness (QED) is 0.700. The fraction of sp³-hybridized carbons (Fsp3) is 0.318. The van der Waals surface area contributed by atoms with Crippen molar-refractivity contribution < 1.29 is 4.79 Å². The van der Waals surface area contributed by atoms with Crippen LogP contribution in [0.4, 0.5) is 5.69 Å². The maximum atomic E-state index is 13.0. The highest BCUT2D eigenvalue weighted by molar-refractivity contribution is 6.07. The second-order valence-electron chi connectivity index (χ2n) is 7.31. The lowest BCUT2D eigenvalue weighted by Gasteiger charge is -2.20. The second kappa shape index (κ2) is 6.65. The topological polar surface area (TPSA) is 55.2 Å². The summed E-state index contributed by atoms with van der Waals surface area (Å²) in [5, 5.41) is 0.575. The van der Waals surface area contributed by atoms with Crippen LogP contribution in [0.15, 0.2) is 41.2 Å². The summed E-state index contributed by atoms with van der Waals surface area (Å²) in [5.41, 5.74) is 4.33. The highest BCUT2D eigenvalue weighted by Crippen LogP contribution is 2.21. The van der Waals surface area contributed by atoms with Gasteiger partial charge in [-0.3, -0.25) is 14.2 Å². The molecule has 0 bridgehead atoms. The first-order valence-electron chi connectivity index (χ1n) is 9.34. The smallest absolute Gasteiger partial charge is 0.261 e. The monoisotopic (exact) mass is 361 g/mol. The fourth-order valence-corrected chi connectivity index (χ4v) is 3.62.